The molecule has 1 aliphatic carbocycles. The second kappa shape index (κ2) is 14.6. The van der Waals surface area contributed by atoms with Crippen molar-refractivity contribution in [3.05, 3.63) is 58.1 Å². The molecule has 2 aromatic carbocycles. The van der Waals surface area contributed by atoms with Gasteiger partial charge in [-0.3, -0.25) is 4.79 Å². The predicted molar refractivity (Wildman–Crippen MR) is 188 cm³/mol. The van der Waals surface area contributed by atoms with Crippen LogP contribution in [0.5, 0.6) is 5.75 Å². The maximum Gasteiger partial charge on any atom is 0.264 e. The molecule has 2 aromatic rings. The van der Waals surface area contributed by atoms with Gasteiger partial charge in [0.1, 0.15) is 12.4 Å². The summed E-state index contributed by atoms with van der Waals surface area (Å²) >= 11 is 6.34. The molecule has 1 unspecified atom stereocenters. The van der Waals surface area contributed by atoms with E-state index in [-0.39, 0.29) is 49.2 Å². The number of rotatable bonds is 2. The molecule has 2 bridgehead atoms. The Labute approximate surface area is 294 Å². The molecule has 6 rings (SSSR count). The Morgan fingerprint density at radius 1 is 0.980 bits per heavy atom. The van der Waals surface area contributed by atoms with E-state index in [0.29, 0.717) is 62.0 Å². The largest absolute Gasteiger partial charge is 0.487 e. The number of likely N-dealkylation sites (tertiary alicyclic amines) is 1. The van der Waals surface area contributed by atoms with Gasteiger partial charge >= 0.3 is 0 Å². The number of sulfonamides is 1. The number of amides is 1. The van der Waals surface area contributed by atoms with Crippen molar-refractivity contribution in [3.8, 4) is 5.75 Å². The summed E-state index contributed by atoms with van der Waals surface area (Å²) in [5.74, 6) is -2.93. The van der Waals surface area contributed by atoms with Gasteiger partial charge in [-0.05, 0) is 111 Å². The molecule has 2 fully saturated rings. The van der Waals surface area contributed by atoms with Crippen molar-refractivity contribution in [3.63, 3.8) is 0 Å². The highest BCUT2D eigenvalue weighted by Gasteiger charge is 2.48. The number of piperidine rings is 1. The first-order valence-corrected chi connectivity index (χ1v) is 19.8. The summed E-state index contributed by atoms with van der Waals surface area (Å²) in [5, 5.41) is 12.3. The van der Waals surface area contributed by atoms with Crippen molar-refractivity contribution in [2.75, 3.05) is 37.6 Å². The van der Waals surface area contributed by atoms with Gasteiger partial charge in [-0.15, -0.1) is 0 Å². The summed E-state index contributed by atoms with van der Waals surface area (Å²) in [4.78, 5) is 17.7. The van der Waals surface area contributed by atoms with Gasteiger partial charge in [-0.2, -0.15) is 0 Å². The first-order chi connectivity index (χ1) is 23.2. The molecule has 4 aliphatic rings. The molecule has 1 saturated heterocycles. The molecule has 5 atom stereocenters. The topological polar surface area (TPSA) is 99.2 Å². The van der Waals surface area contributed by atoms with Crippen molar-refractivity contribution in [1.82, 2.24) is 9.62 Å². The second-order valence-electron chi connectivity index (χ2n) is 15.0. The van der Waals surface area contributed by atoms with Gasteiger partial charge in [-0.25, -0.2) is 21.9 Å². The number of ether oxygens (including phenoxy) is 1. The number of halogens is 3. The Morgan fingerprint density at radius 2 is 1.76 bits per heavy atom. The van der Waals surface area contributed by atoms with Crippen molar-refractivity contribution in [2.24, 2.45) is 17.8 Å². The Kier molecular flexibility index (Phi) is 10.9. The number of nitrogens with zero attached hydrogens (tertiary/aromatic N) is 2. The molecule has 8 nitrogen and oxygen atoms in total. The van der Waals surface area contributed by atoms with Crippen LogP contribution in [0.1, 0.15) is 93.1 Å². The fraction of sp³-hybridized carbons (Fsp3) is 0.649. The molecule has 3 heterocycles. The molecule has 0 radical (unpaired) electrons. The Balaban J connectivity index is 1.36. The van der Waals surface area contributed by atoms with Crippen molar-refractivity contribution >= 4 is 33.2 Å². The fourth-order valence-electron chi connectivity index (χ4n) is 8.22. The third-order valence-electron chi connectivity index (χ3n) is 11.7. The minimum absolute atomic E-state index is 0.0419. The van der Waals surface area contributed by atoms with Crippen LogP contribution in [0.2, 0.25) is 5.02 Å². The van der Waals surface area contributed by atoms with E-state index in [4.69, 9.17) is 16.3 Å². The van der Waals surface area contributed by atoms with Gasteiger partial charge < -0.3 is 19.6 Å². The molecule has 3 aliphatic heterocycles. The van der Waals surface area contributed by atoms with E-state index in [1.54, 1.807) is 25.1 Å². The standard InChI is InChI=1S/C37H50ClF2N3O5S/c1-25-6-5-14-36(45,24-42-18-15-37(39,40)16-19-42)32-12-9-29(32)22-43-17-4-3-7-27-20-31(38)11-8-30(27)23-48-34-13-10-28(21-33(34)43)35(44)41-49(46,47)26(25)2/h8,10-11,13,20-21,25-26,29,32,45H,3-7,9,12,14-19,22-24H2,1-2H3,(H,41,44)/t25-,26?,29-,32+,36-/m0/s1. The van der Waals surface area contributed by atoms with E-state index in [1.807, 2.05) is 30.0 Å². The number of carbonyl (C=O) groups excluding carboxylic acids is 1. The van der Waals surface area contributed by atoms with Gasteiger partial charge in [0.2, 0.25) is 10.0 Å². The zero-order chi connectivity index (χ0) is 35.0. The number of benzene rings is 2. The minimum Gasteiger partial charge on any atom is -0.487 e. The molecule has 0 aromatic heterocycles. The summed E-state index contributed by atoms with van der Waals surface area (Å²) in [6.45, 7) is 5.88. The van der Waals surface area contributed by atoms with Gasteiger partial charge in [0.25, 0.3) is 11.8 Å². The summed E-state index contributed by atoms with van der Waals surface area (Å²) in [7, 11) is -4.00. The first-order valence-electron chi connectivity index (χ1n) is 17.9. The average molecular weight is 722 g/mol. The highest BCUT2D eigenvalue weighted by atomic mass is 35.5. The van der Waals surface area contributed by atoms with Crippen LogP contribution in [0.25, 0.3) is 0 Å². The summed E-state index contributed by atoms with van der Waals surface area (Å²) in [6, 6.07) is 10.9. The van der Waals surface area contributed by atoms with Gasteiger partial charge in [0, 0.05) is 56.2 Å². The van der Waals surface area contributed by atoms with Crippen LogP contribution >= 0.6 is 11.6 Å². The van der Waals surface area contributed by atoms with Crippen LogP contribution < -0.4 is 14.4 Å². The second-order valence-corrected chi connectivity index (χ2v) is 17.5. The maximum absolute atomic E-state index is 14.1. The fourth-order valence-corrected chi connectivity index (χ4v) is 9.72. The summed E-state index contributed by atoms with van der Waals surface area (Å²) in [6.07, 6.45) is 5.53. The van der Waals surface area contributed by atoms with E-state index < -0.39 is 32.7 Å². The van der Waals surface area contributed by atoms with Crippen LogP contribution in [0.4, 0.5) is 14.5 Å². The number of carbonyl (C=O) groups is 1. The van der Waals surface area contributed by atoms with E-state index >= 15 is 0 Å². The number of alkyl halides is 2. The first kappa shape index (κ1) is 36.3. The smallest absolute Gasteiger partial charge is 0.264 e. The molecule has 1 amide bonds. The van der Waals surface area contributed by atoms with Crippen molar-refractivity contribution in [1.29, 1.82) is 0 Å². The minimum atomic E-state index is -4.00. The van der Waals surface area contributed by atoms with Crippen LogP contribution in [0.15, 0.2) is 36.4 Å². The van der Waals surface area contributed by atoms with Gasteiger partial charge in [0.05, 0.1) is 16.5 Å². The number of aliphatic hydroxyl groups is 1. The zero-order valence-electron chi connectivity index (χ0n) is 28.6. The van der Waals surface area contributed by atoms with E-state index in [1.165, 1.54) is 0 Å². The molecule has 2 N–H and O–H groups in total. The number of aryl methyl sites for hydroxylation is 1. The van der Waals surface area contributed by atoms with E-state index in [0.717, 1.165) is 43.2 Å². The lowest BCUT2D eigenvalue weighted by Crippen LogP contribution is -2.57. The normalized spacial score (nSPS) is 31.1. The van der Waals surface area contributed by atoms with Crippen LogP contribution in [0, 0.1) is 17.8 Å². The zero-order valence-corrected chi connectivity index (χ0v) is 30.2. The third kappa shape index (κ3) is 8.37. The molecule has 12 heteroatoms. The quantitative estimate of drug-likeness (QED) is 0.351. The van der Waals surface area contributed by atoms with E-state index in [2.05, 4.69) is 9.62 Å². The van der Waals surface area contributed by atoms with Crippen LogP contribution in [-0.4, -0.2) is 73.8 Å². The lowest BCUT2D eigenvalue weighted by atomic mass is 9.62. The SMILES string of the molecule is CC1[C@@H](C)CCC[C@](O)(CN2CCC(F)(F)CC2)[C@@H]2CC[C@H]2CN2CCCCc3cc(Cl)ccc3COc3ccc(cc32)C(=O)NS1(=O)=O. The molecule has 0 spiro atoms. The molecule has 270 valence electrons. The molecular formula is C37H50ClF2N3O5S. The highest BCUT2D eigenvalue weighted by molar-refractivity contribution is 7.90. The molecule has 49 heavy (non-hydrogen) atoms. The highest BCUT2D eigenvalue weighted by Crippen LogP contribution is 2.47. The molecular weight excluding hydrogens is 672 g/mol. The van der Waals surface area contributed by atoms with Gasteiger partial charge in [-0.1, -0.05) is 31.0 Å². The summed E-state index contributed by atoms with van der Waals surface area (Å²) in [5.41, 5.74) is 2.02. The average Bonchev–Trinajstić information content (AvgIpc) is 3.06. The number of fused-ring (bicyclic) bond motifs is 3. The maximum atomic E-state index is 14.1. The number of anilines is 1. The van der Waals surface area contributed by atoms with Gasteiger partial charge in [0.15, 0.2) is 0 Å². The van der Waals surface area contributed by atoms with E-state index in [9.17, 15) is 27.1 Å². The molecule has 1 saturated carbocycles. The Bertz CT molecular complexity index is 1620. The number of β-amino-alcohol motifs (C(OH)–C–C–N with tert-alkyl or cyclic N) is 1. The number of hydrogen-bond acceptors (Lipinski definition) is 7. The van der Waals surface area contributed by atoms with Crippen LogP contribution in [0.3, 0.4) is 0 Å². The lowest BCUT2D eigenvalue weighted by molar-refractivity contribution is -0.122. The number of hydrogen-bond donors (Lipinski definition) is 2. The predicted octanol–water partition coefficient (Wildman–Crippen LogP) is 6.82. The monoisotopic (exact) mass is 721 g/mol. The van der Waals surface area contributed by atoms with Crippen molar-refractivity contribution < 1.29 is 31.8 Å². The van der Waals surface area contributed by atoms with Crippen LogP contribution in [-0.2, 0) is 23.1 Å². The lowest BCUT2D eigenvalue weighted by Gasteiger charge is -2.51. The third-order valence-corrected chi connectivity index (χ3v) is 13.8. The number of nitrogens with one attached hydrogen (secondary N) is 1. The summed E-state index contributed by atoms with van der Waals surface area (Å²) < 4.78 is 63.7. The Hall–Kier alpha value is -2.47. The van der Waals surface area contributed by atoms with Crippen molar-refractivity contribution in [2.45, 2.75) is 101 Å². The Morgan fingerprint density at radius 3 is 2.49 bits per heavy atom.